The molecule has 29 heavy (non-hydrogen) atoms. The fraction of sp³-hybridized carbons (Fsp3) is 0.269. The monoisotopic (exact) mass is 382 g/mol. The topological polar surface area (TPSA) is 46.5 Å². The van der Waals surface area contributed by atoms with E-state index < -0.39 is 17.6 Å². The van der Waals surface area contributed by atoms with Crippen LogP contribution in [0.5, 0.6) is 0 Å². The lowest BCUT2D eigenvalue weighted by Crippen LogP contribution is -2.56. The molecule has 0 radical (unpaired) electrons. The molecule has 0 spiro atoms. The van der Waals surface area contributed by atoms with Crippen LogP contribution < -0.4 is 0 Å². The molecule has 3 nitrogen and oxygen atoms in total. The third-order valence-corrected chi connectivity index (χ3v) is 7.55. The van der Waals surface area contributed by atoms with Crippen LogP contribution in [0.1, 0.15) is 46.6 Å². The van der Waals surface area contributed by atoms with Gasteiger partial charge < -0.3 is 9.84 Å². The number of carbonyl (C=O) groups is 1. The molecule has 3 heteroatoms. The second-order valence-corrected chi connectivity index (χ2v) is 8.54. The number of aliphatic hydroxyl groups is 1. The number of esters is 1. The Hall–Kier alpha value is -2.91. The summed E-state index contributed by atoms with van der Waals surface area (Å²) >= 11 is 0. The minimum absolute atomic E-state index is 0.0290. The molecular formula is C26H22O3. The first kappa shape index (κ1) is 17.0. The third-order valence-electron chi connectivity index (χ3n) is 7.55. The SMILES string of the molecule is C[C@H](c1ccccc1)C12c3ccccc3C(c3ccccc31)[C@@H]1[C@H]2C(=O)O[C@@H]1O. The van der Waals surface area contributed by atoms with E-state index in [2.05, 4.69) is 67.6 Å². The number of hydrogen-bond acceptors (Lipinski definition) is 3. The zero-order chi connectivity index (χ0) is 19.8. The van der Waals surface area contributed by atoms with Crippen molar-refractivity contribution in [1.82, 2.24) is 0 Å². The number of ether oxygens (including phenoxy) is 1. The summed E-state index contributed by atoms with van der Waals surface area (Å²) in [6.07, 6.45) is -1.07. The van der Waals surface area contributed by atoms with Crippen LogP contribution in [0.25, 0.3) is 0 Å². The lowest BCUT2D eigenvalue weighted by Gasteiger charge is -2.57. The number of hydrogen-bond donors (Lipinski definition) is 1. The van der Waals surface area contributed by atoms with Crippen LogP contribution in [0.2, 0.25) is 0 Å². The van der Waals surface area contributed by atoms with E-state index in [1.54, 1.807) is 0 Å². The Morgan fingerprint density at radius 2 is 1.41 bits per heavy atom. The molecule has 1 fully saturated rings. The predicted octanol–water partition coefficient (Wildman–Crippen LogP) is 4.34. The zero-order valence-electron chi connectivity index (χ0n) is 16.2. The maximum atomic E-state index is 13.2. The van der Waals surface area contributed by atoms with Gasteiger partial charge in [0.1, 0.15) is 0 Å². The van der Waals surface area contributed by atoms with Gasteiger partial charge in [0.25, 0.3) is 0 Å². The van der Waals surface area contributed by atoms with Crippen LogP contribution >= 0.6 is 0 Å². The van der Waals surface area contributed by atoms with Crippen LogP contribution in [0.4, 0.5) is 0 Å². The molecule has 4 atom stereocenters. The molecule has 1 heterocycles. The van der Waals surface area contributed by atoms with Crippen molar-refractivity contribution >= 4 is 5.97 Å². The van der Waals surface area contributed by atoms with Crippen LogP contribution in [0.3, 0.4) is 0 Å². The second-order valence-electron chi connectivity index (χ2n) is 8.54. The second kappa shape index (κ2) is 5.80. The van der Waals surface area contributed by atoms with Crippen LogP contribution in [0.15, 0.2) is 78.9 Å². The summed E-state index contributed by atoms with van der Waals surface area (Å²) in [5.41, 5.74) is 5.45. The van der Waals surface area contributed by atoms with Crippen molar-refractivity contribution < 1.29 is 14.6 Å². The zero-order valence-corrected chi connectivity index (χ0v) is 16.2. The smallest absolute Gasteiger partial charge is 0.313 e. The van der Waals surface area contributed by atoms with Crippen molar-refractivity contribution in [3.63, 3.8) is 0 Å². The van der Waals surface area contributed by atoms with Crippen molar-refractivity contribution in [3.05, 3.63) is 107 Å². The molecular weight excluding hydrogens is 360 g/mol. The molecule has 3 aromatic rings. The summed E-state index contributed by atoms with van der Waals surface area (Å²) in [4.78, 5) is 13.2. The number of rotatable bonds is 2. The van der Waals surface area contributed by atoms with Gasteiger partial charge in [0.05, 0.1) is 5.92 Å². The normalized spacial score (nSPS) is 32.1. The van der Waals surface area contributed by atoms with E-state index in [1.165, 1.54) is 27.8 Å². The summed E-state index contributed by atoms with van der Waals surface area (Å²) < 4.78 is 5.48. The Kier molecular flexibility index (Phi) is 3.40. The van der Waals surface area contributed by atoms with Crippen molar-refractivity contribution in [2.75, 3.05) is 0 Å². The van der Waals surface area contributed by atoms with Gasteiger partial charge in [-0.1, -0.05) is 85.8 Å². The Morgan fingerprint density at radius 3 is 2.03 bits per heavy atom. The molecule has 144 valence electrons. The Labute approximate surface area is 170 Å². The highest BCUT2D eigenvalue weighted by Crippen LogP contribution is 2.68. The molecule has 0 saturated carbocycles. The van der Waals surface area contributed by atoms with Crippen LogP contribution in [0, 0.1) is 11.8 Å². The Bertz CT molecular complexity index is 1070. The molecule has 3 aromatic carbocycles. The number of carbonyl (C=O) groups excluding carboxylic acids is 1. The highest BCUT2D eigenvalue weighted by Gasteiger charge is 2.68. The first-order chi connectivity index (χ1) is 14.2. The van der Waals surface area contributed by atoms with Crippen molar-refractivity contribution in [3.8, 4) is 0 Å². The van der Waals surface area contributed by atoms with E-state index in [4.69, 9.17) is 4.74 Å². The van der Waals surface area contributed by atoms with Crippen LogP contribution in [-0.4, -0.2) is 17.4 Å². The molecule has 0 unspecified atom stereocenters. The fourth-order valence-electron chi connectivity index (χ4n) is 6.53. The molecule has 1 aliphatic heterocycles. The quantitative estimate of drug-likeness (QED) is 0.671. The molecule has 4 aliphatic rings. The molecule has 7 rings (SSSR count). The molecule has 0 aromatic heterocycles. The van der Waals surface area contributed by atoms with Crippen molar-refractivity contribution in [1.29, 1.82) is 0 Å². The third kappa shape index (κ3) is 1.94. The van der Waals surface area contributed by atoms with Gasteiger partial charge in [0, 0.05) is 17.3 Å². The first-order valence-electron chi connectivity index (χ1n) is 10.3. The van der Waals surface area contributed by atoms with E-state index in [1.807, 2.05) is 18.2 Å². The van der Waals surface area contributed by atoms with Gasteiger partial charge in [0.2, 0.25) is 6.29 Å². The summed E-state index contributed by atoms with van der Waals surface area (Å²) in [6, 6.07) is 27.3. The summed E-state index contributed by atoms with van der Waals surface area (Å²) in [5, 5.41) is 10.8. The largest absolute Gasteiger partial charge is 0.435 e. The summed E-state index contributed by atoms with van der Waals surface area (Å²) in [6.45, 7) is 2.21. The van der Waals surface area contributed by atoms with Gasteiger partial charge in [-0.05, 0) is 33.7 Å². The average Bonchev–Trinajstić information content (AvgIpc) is 3.08. The fourth-order valence-corrected chi connectivity index (χ4v) is 6.53. The standard InChI is InChI=1S/C26H22O3/c1-15(16-9-3-2-4-10-16)26-19-13-7-5-11-17(19)21(18-12-6-8-14-20(18)26)22-23(26)25(28)29-24(22)27/h2-15,21-24,27H,1H3/t15-,21?,22-,23+,24+,26?/m1/s1. The summed E-state index contributed by atoms with van der Waals surface area (Å²) in [5.74, 6) is -0.934. The molecule has 3 aliphatic carbocycles. The number of cyclic esters (lactones) is 1. The first-order valence-corrected chi connectivity index (χ1v) is 10.3. The predicted molar refractivity (Wildman–Crippen MR) is 109 cm³/mol. The van der Waals surface area contributed by atoms with Gasteiger partial charge in [-0.15, -0.1) is 0 Å². The summed E-state index contributed by atoms with van der Waals surface area (Å²) in [7, 11) is 0. The Morgan fingerprint density at radius 1 is 0.862 bits per heavy atom. The highest BCUT2D eigenvalue weighted by molar-refractivity contribution is 5.83. The van der Waals surface area contributed by atoms with Gasteiger partial charge in [-0.3, -0.25) is 4.79 Å². The van der Waals surface area contributed by atoms with Crippen molar-refractivity contribution in [2.45, 2.75) is 30.5 Å². The van der Waals surface area contributed by atoms with E-state index in [-0.39, 0.29) is 23.7 Å². The van der Waals surface area contributed by atoms with Gasteiger partial charge in [0.15, 0.2) is 0 Å². The van der Waals surface area contributed by atoms with E-state index >= 15 is 0 Å². The molecule has 0 amide bonds. The average molecular weight is 382 g/mol. The van der Waals surface area contributed by atoms with E-state index in [0.717, 1.165) is 0 Å². The van der Waals surface area contributed by atoms with Gasteiger partial charge >= 0.3 is 5.97 Å². The van der Waals surface area contributed by atoms with E-state index in [9.17, 15) is 9.90 Å². The minimum atomic E-state index is -1.07. The van der Waals surface area contributed by atoms with Gasteiger partial charge in [-0.2, -0.15) is 0 Å². The molecule has 1 saturated heterocycles. The van der Waals surface area contributed by atoms with Crippen LogP contribution in [-0.2, 0) is 14.9 Å². The minimum Gasteiger partial charge on any atom is -0.435 e. The van der Waals surface area contributed by atoms with Gasteiger partial charge in [-0.25, -0.2) is 0 Å². The maximum Gasteiger partial charge on any atom is 0.313 e. The van der Waals surface area contributed by atoms with E-state index in [0.29, 0.717) is 0 Å². The lowest BCUT2D eigenvalue weighted by molar-refractivity contribution is -0.157. The molecule has 1 N–H and O–H groups in total. The Balaban J connectivity index is 1.75. The van der Waals surface area contributed by atoms with Crippen molar-refractivity contribution in [2.24, 2.45) is 11.8 Å². The highest BCUT2D eigenvalue weighted by atomic mass is 16.6. The number of benzene rings is 3. The number of aliphatic hydroxyl groups excluding tert-OH is 1. The molecule has 2 bridgehead atoms. The lowest BCUT2D eigenvalue weighted by atomic mass is 9.43. The maximum absolute atomic E-state index is 13.2.